The van der Waals surface area contributed by atoms with E-state index in [2.05, 4.69) is 4.98 Å². The van der Waals surface area contributed by atoms with Crippen molar-refractivity contribution in [3.8, 4) is 11.3 Å². The molecule has 0 aliphatic rings. The average Bonchev–Trinajstić information content (AvgIpc) is 3.02. The molecule has 0 N–H and O–H groups in total. The Balaban J connectivity index is 2.05. The molecule has 0 radical (unpaired) electrons. The minimum absolute atomic E-state index is 0.207. The highest BCUT2D eigenvalue weighted by Gasteiger charge is 2.23. The van der Waals surface area contributed by atoms with Gasteiger partial charge in [-0.05, 0) is 49.7 Å². The number of sulfonamides is 1. The molecule has 0 saturated heterocycles. The van der Waals surface area contributed by atoms with E-state index in [4.69, 9.17) is 4.42 Å². The molecule has 0 unspecified atom stereocenters. The number of furan rings is 1. The second-order valence-electron chi connectivity index (χ2n) is 5.57. The SMILES string of the molecule is Cc1ccc(-c2ccc(C)c(N(C)S(=O)(=O)c3ccncc3)c2)o1. The number of nitrogens with zero attached hydrogens (tertiary/aromatic N) is 2. The Hall–Kier alpha value is -2.60. The van der Waals surface area contributed by atoms with Crippen LogP contribution in [0.4, 0.5) is 5.69 Å². The van der Waals surface area contributed by atoms with Crippen molar-refractivity contribution in [3.05, 3.63) is 66.2 Å². The second kappa shape index (κ2) is 6.13. The second-order valence-corrected chi connectivity index (χ2v) is 7.54. The summed E-state index contributed by atoms with van der Waals surface area (Å²) >= 11 is 0. The van der Waals surface area contributed by atoms with Crippen LogP contribution in [0.3, 0.4) is 0 Å². The Labute approximate surface area is 141 Å². The van der Waals surface area contributed by atoms with Crippen molar-refractivity contribution in [2.75, 3.05) is 11.4 Å². The van der Waals surface area contributed by atoms with Crippen LogP contribution in [-0.2, 0) is 10.0 Å². The molecule has 0 bridgehead atoms. The number of aromatic nitrogens is 1. The molecule has 3 rings (SSSR count). The van der Waals surface area contributed by atoms with E-state index in [0.29, 0.717) is 11.4 Å². The highest BCUT2D eigenvalue weighted by atomic mass is 32.2. The number of anilines is 1. The topological polar surface area (TPSA) is 63.4 Å². The Kier molecular flexibility index (Phi) is 4.15. The average molecular weight is 342 g/mol. The summed E-state index contributed by atoms with van der Waals surface area (Å²) in [5.74, 6) is 1.52. The number of hydrogen-bond acceptors (Lipinski definition) is 4. The zero-order chi connectivity index (χ0) is 17.3. The normalized spacial score (nSPS) is 11.5. The van der Waals surface area contributed by atoms with Gasteiger partial charge in [0.25, 0.3) is 10.0 Å². The number of aryl methyl sites for hydroxylation is 2. The van der Waals surface area contributed by atoms with E-state index in [0.717, 1.165) is 16.9 Å². The molecule has 0 saturated carbocycles. The molecule has 0 aliphatic heterocycles. The first-order chi connectivity index (χ1) is 11.4. The van der Waals surface area contributed by atoms with E-state index >= 15 is 0 Å². The van der Waals surface area contributed by atoms with Crippen molar-refractivity contribution in [1.82, 2.24) is 4.98 Å². The summed E-state index contributed by atoms with van der Waals surface area (Å²) in [6.07, 6.45) is 2.94. The lowest BCUT2D eigenvalue weighted by Gasteiger charge is -2.22. The van der Waals surface area contributed by atoms with Crippen molar-refractivity contribution in [2.45, 2.75) is 18.7 Å². The van der Waals surface area contributed by atoms with E-state index in [1.807, 2.05) is 44.2 Å². The van der Waals surface area contributed by atoms with Gasteiger partial charge in [-0.15, -0.1) is 0 Å². The zero-order valence-corrected chi connectivity index (χ0v) is 14.5. The molecular weight excluding hydrogens is 324 g/mol. The Morgan fingerprint density at radius 1 is 1.00 bits per heavy atom. The van der Waals surface area contributed by atoms with Crippen LogP contribution in [0.1, 0.15) is 11.3 Å². The maximum atomic E-state index is 12.8. The van der Waals surface area contributed by atoms with Crippen LogP contribution >= 0.6 is 0 Å². The van der Waals surface area contributed by atoms with Crippen LogP contribution in [0.25, 0.3) is 11.3 Å². The summed E-state index contributed by atoms with van der Waals surface area (Å²) in [5, 5.41) is 0. The van der Waals surface area contributed by atoms with Crippen LogP contribution < -0.4 is 4.31 Å². The molecule has 0 amide bonds. The van der Waals surface area contributed by atoms with Gasteiger partial charge in [-0.3, -0.25) is 9.29 Å². The summed E-state index contributed by atoms with van der Waals surface area (Å²) in [7, 11) is -2.09. The summed E-state index contributed by atoms with van der Waals surface area (Å²) in [6, 6.07) is 12.4. The minimum atomic E-state index is -3.65. The molecule has 0 aliphatic carbocycles. The predicted octanol–water partition coefficient (Wildman–Crippen LogP) is 3.78. The van der Waals surface area contributed by atoms with Crippen LogP contribution in [-0.4, -0.2) is 20.4 Å². The van der Waals surface area contributed by atoms with Crippen molar-refractivity contribution in [3.63, 3.8) is 0 Å². The van der Waals surface area contributed by atoms with Crippen LogP contribution in [0, 0.1) is 13.8 Å². The van der Waals surface area contributed by atoms with Crippen molar-refractivity contribution in [2.24, 2.45) is 0 Å². The van der Waals surface area contributed by atoms with Gasteiger partial charge in [0.15, 0.2) is 0 Å². The molecule has 6 heteroatoms. The number of benzene rings is 1. The Morgan fingerprint density at radius 3 is 2.33 bits per heavy atom. The van der Waals surface area contributed by atoms with Gasteiger partial charge in [0.05, 0.1) is 10.6 Å². The molecule has 0 spiro atoms. The third-order valence-corrected chi connectivity index (χ3v) is 5.67. The van der Waals surface area contributed by atoms with Gasteiger partial charge in [0.2, 0.25) is 0 Å². The maximum Gasteiger partial charge on any atom is 0.264 e. The van der Waals surface area contributed by atoms with Crippen LogP contribution in [0.15, 0.2) is 64.2 Å². The molecular formula is C18H18N2O3S. The fourth-order valence-electron chi connectivity index (χ4n) is 2.49. The van der Waals surface area contributed by atoms with Gasteiger partial charge in [-0.1, -0.05) is 12.1 Å². The van der Waals surface area contributed by atoms with Gasteiger partial charge in [-0.25, -0.2) is 8.42 Å². The monoisotopic (exact) mass is 342 g/mol. The summed E-state index contributed by atoms with van der Waals surface area (Å²) in [6.45, 7) is 3.75. The van der Waals surface area contributed by atoms with E-state index in [-0.39, 0.29) is 4.90 Å². The summed E-state index contributed by atoms with van der Waals surface area (Å²) in [4.78, 5) is 4.08. The van der Waals surface area contributed by atoms with E-state index < -0.39 is 10.0 Å². The van der Waals surface area contributed by atoms with Crippen molar-refractivity contribution < 1.29 is 12.8 Å². The largest absolute Gasteiger partial charge is 0.461 e. The van der Waals surface area contributed by atoms with E-state index in [9.17, 15) is 8.42 Å². The quantitative estimate of drug-likeness (QED) is 0.724. The molecule has 2 heterocycles. The number of rotatable bonds is 4. The highest BCUT2D eigenvalue weighted by molar-refractivity contribution is 7.92. The third kappa shape index (κ3) is 2.92. The smallest absolute Gasteiger partial charge is 0.264 e. The lowest BCUT2D eigenvalue weighted by atomic mass is 10.1. The van der Waals surface area contributed by atoms with E-state index in [1.165, 1.54) is 28.8 Å². The van der Waals surface area contributed by atoms with Gasteiger partial charge in [-0.2, -0.15) is 0 Å². The van der Waals surface area contributed by atoms with Gasteiger partial charge >= 0.3 is 0 Å². The third-order valence-electron chi connectivity index (χ3n) is 3.88. The first-order valence-corrected chi connectivity index (χ1v) is 8.90. The van der Waals surface area contributed by atoms with Crippen molar-refractivity contribution in [1.29, 1.82) is 0 Å². The molecule has 2 aromatic heterocycles. The van der Waals surface area contributed by atoms with Crippen molar-refractivity contribution >= 4 is 15.7 Å². The molecule has 5 nitrogen and oxygen atoms in total. The van der Waals surface area contributed by atoms with Gasteiger partial charge in [0.1, 0.15) is 11.5 Å². The van der Waals surface area contributed by atoms with Gasteiger partial charge in [0, 0.05) is 25.0 Å². The fourth-order valence-corrected chi connectivity index (χ4v) is 3.73. The molecule has 3 aromatic rings. The van der Waals surface area contributed by atoms with E-state index in [1.54, 1.807) is 7.05 Å². The maximum absolute atomic E-state index is 12.8. The number of hydrogen-bond donors (Lipinski definition) is 0. The van der Waals surface area contributed by atoms with Crippen LogP contribution in [0.2, 0.25) is 0 Å². The molecule has 124 valence electrons. The Bertz CT molecular complexity index is 963. The first kappa shape index (κ1) is 16.3. The molecule has 24 heavy (non-hydrogen) atoms. The minimum Gasteiger partial charge on any atom is -0.461 e. The molecule has 0 atom stereocenters. The van der Waals surface area contributed by atoms with Gasteiger partial charge < -0.3 is 4.42 Å². The Morgan fingerprint density at radius 2 is 1.71 bits per heavy atom. The standard InChI is InChI=1S/C18H18N2O3S/c1-13-4-6-15(18-7-5-14(2)23-18)12-17(13)20(3)24(21,22)16-8-10-19-11-9-16/h4-12H,1-3H3. The lowest BCUT2D eigenvalue weighted by molar-refractivity contribution is 0.548. The summed E-state index contributed by atoms with van der Waals surface area (Å²) < 4.78 is 32.5. The predicted molar refractivity (Wildman–Crippen MR) is 93.4 cm³/mol. The highest BCUT2D eigenvalue weighted by Crippen LogP contribution is 2.31. The molecule has 0 fully saturated rings. The summed E-state index contributed by atoms with van der Waals surface area (Å²) in [5.41, 5.74) is 2.31. The lowest BCUT2D eigenvalue weighted by Crippen LogP contribution is -2.27. The van der Waals surface area contributed by atoms with Crippen LogP contribution in [0.5, 0.6) is 0 Å². The molecule has 1 aromatic carbocycles. The fraction of sp³-hybridized carbons (Fsp3) is 0.167. The zero-order valence-electron chi connectivity index (χ0n) is 13.7. The number of pyridine rings is 1. The first-order valence-electron chi connectivity index (χ1n) is 7.46.